The summed E-state index contributed by atoms with van der Waals surface area (Å²) in [6.45, 7) is 5.44. The second-order valence-electron chi connectivity index (χ2n) is 6.74. The van der Waals surface area contributed by atoms with Gasteiger partial charge in [0.2, 0.25) is 0 Å². The van der Waals surface area contributed by atoms with Crippen LogP contribution in [0, 0.1) is 5.41 Å². The zero-order valence-electron chi connectivity index (χ0n) is 14.7. The molecule has 0 aliphatic heterocycles. The summed E-state index contributed by atoms with van der Waals surface area (Å²) in [7, 11) is -3.93. The summed E-state index contributed by atoms with van der Waals surface area (Å²) in [6.07, 6.45) is 2.08. The second kappa shape index (κ2) is 8.03. The number of halogens is 1. The summed E-state index contributed by atoms with van der Waals surface area (Å²) in [6, 6.07) is 9.51. The Kier molecular flexibility index (Phi) is 6.22. The number of carbonyl (C=O) groups is 1. The van der Waals surface area contributed by atoms with E-state index in [1.165, 1.54) is 12.4 Å². The first-order valence-electron chi connectivity index (χ1n) is 7.83. The number of amides is 1. The average Bonchev–Trinajstić information content (AvgIpc) is 2.54. The number of carbonyl (C=O) groups excluding carboxylic acids is 1. The van der Waals surface area contributed by atoms with Crippen LogP contribution in [0.2, 0.25) is 5.02 Å². The zero-order chi connectivity index (χ0) is 19.4. The molecule has 1 unspecified atom stereocenters. The minimum atomic E-state index is -3.93. The fourth-order valence-electron chi connectivity index (χ4n) is 2.00. The van der Waals surface area contributed by atoms with Crippen molar-refractivity contribution in [3.8, 4) is 0 Å². The lowest BCUT2D eigenvalue weighted by molar-refractivity contribution is 0.0897. The van der Waals surface area contributed by atoms with Gasteiger partial charge in [0, 0.05) is 16.8 Å². The molecule has 1 heterocycles. The molecule has 1 aromatic heterocycles. The lowest BCUT2D eigenvalue weighted by Crippen LogP contribution is -2.56. The maximum atomic E-state index is 12.4. The smallest absolute Gasteiger partial charge is 0.300 e. The van der Waals surface area contributed by atoms with Gasteiger partial charge >= 0.3 is 10.2 Å². The molecule has 0 fully saturated rings. The SMILES string of the molecule is CC(C)(C)C(NC(=O)c1ccc(Cl)cc1)NS(=O)(=O)Nc1cccnc1. The quantitative estimate of drug-likeness (QED) is 0.653. The van der Waals surface area contributed by atoms with Crippen LogP contribution in [0.15, 0.2) is 48.8 Å². The topological polar surface area (TPSA) is 100 Å². The van der Waals surface area contributed by atoms with Crippen molar-refractivity contribution < 1.29 is 13.2 Å². The van der Waals surface area contributed by atoms with E-state index >= 15 is 0 Å². The first-order chi connectivity index (χ1) is 12.1. The summed E-state index contributed by atoms with van der Waals surface area (Å²) < 4.78 is 29.6. The van der Waals surface area contributed by atoms with Crippen LogP contribution in [0.4, 0.5) is 5.69 Å². The molecule has 2 aromatic rings. The highest BCUT2D eigenvalue weighted by atomic mass is 35.5. The Hall–Kier alpha value is -2.16. The Morgan fingerprint density at radius 1 is 1.15 bits per heavy atom. The normalized spacial score (nSPS) is 13.1. The Morgan fingerprint density at radius 2 is 1.81 bits per heavy atom. The van der Waals surface area contributed by atoms with Gasteiger partial charge in [-0.3, -0.25) is 14.5 Å². The third kappa shape index (κ3) is 5.98. The summed E-state index contributed by atoms with van der Waals surface area (Å²) in [5.74, 6) is -0.411. The van der Waals surface area contributed by atoms with Gasteiger partial charge < -0.3 is 5.32 Å². The minimum Gasteiger partial charge on any atom is -0.335 e. The highest BCUT2D eigenvalue weighted by molar-refractivity contribution is 7.90. The van der Waals surface area contributed by atoms with E-state index in [0.717, 1.165) is 0 Å². The first-order valence-corrected chi connectivity index (χ1v) is 9.69. The fraction of sp³-hybridized carbons (Fsp3) is 0.294. The van der Waals surface area contributed by atoms with Crippen LogP contribution >= 0.6 is 11.6 Å². The van der Waals surface area contributed by atoms with Crippen molar-refractivity contribution in [2.24, 2.45) is 5.41 Å². The minimum absolute atomic E-state index is 0.316. The average molecular weight is 397 g/mol. The standard InChI is InChI=1S/C17H21ClN4O3S/c1-17(2,3)16(20-15(23)12-6-8-13(18)9-7-12)22-26(24,25)21-14-5-4-10-19-11-14/h4-11,16,21-22H,1-3H3,(H,20,23). The van der Waals surface area contributed by atoms with Crippen LogP contribution in [-0.4, -0.2) is 25.5 Å². The first kappa shape index (κ1) is 20.2. The predicted octanol–water partition coefficient (Wildman–Crippen LogP) is 2.78. The van der Waals surface area contributed by atoms with E-state index in [2.05, 4.69) is 19.7 Å². The Balaban J connectivity index is 2.14. The highest BCUT2D eigenvalue weighted by Gasteiger charge is 2.30. The van der Waals surface area contributed by atoms with Gasteiger partial charge in [-0.25, -0.2) is 0 Å². The van der Waals surface area contributed by atoms with Gasteiger partial charge in [0.1, 0.15) is 0 Å². The fourth-order valence-corrected chi connectivity index (χ4v) is 3.34. The monoisotopic (exact) mass is 396 g/mol. The van der Waals surface area contributed by atoms with Gasteiger partial charge in [0.15, 0.2) is 0 Å². The van der Waals surface area contributed by atoms with Gasteiger partial charge in [-0.1, -0.05) is 32.4 Å². The zero-order valence-corrected chi connectivity index (χ0v) is 16.2. The third-order valence-electron chi connectivity index (χ3n) is 3.43. The van der Waals surface area contributed by atoms with Crippen molar-refractivity contribution in [1.29, 1.82) is 0 Å². The van der Waals surface area contributed by atoms with Crippen LogP contribution < -0.4 is 14.8 Å². The van der Waals surface area contributed by atoms with E-state index in [1.807, 2.05) is 20.8 Å². The summed E-state index contributed by atoms with van der Waals surface area (Å²) in [4.78, 5) is 16.3. The van der Waals surface area contributed by atoms with E-state index in [4.69, 9.17) is 11.6 Å². The molecule has 9 heteroatoms. The van der Waals surface area contributed by atoms with Crippen molar-refractivity contribution in [3.05, 3.63) is 59.4 Å². The lowest BCUT2D eigenvalue weighted by Gasteiger charge is -2.32. The number of aromatic nitrogens is 1. The molecule has 1 amide bonds. The largest absolute Gasteiger partial charge is 0.335 e. The van der Waals surface area contributed by atoms with Gasteiger partial charge in [-0.05, 0) is 41.8 Å². The van der Waals surface area contributed by atoms with Gasteiger partial charge in [-0.15, -0.1) is 0 Å². The van der Waals surface area contributed by atoms with Gasteiger partial charge in [-0.2, -0.15) is 13.1 Å². The van der Waals surface area contributed by atoms with Crippen LogP contribution in [0.5, 0.6) is 0 Å². The number of hydrogen-bond acceptors (Lipinski definition) is 4. The number of rotatable bonds is 6. The molecule has 1 atom stereocenters. The number of hydrogen-bond donors (Lipinski definition) is 3. The molecule has 0 aliphatic rings. The van der Waals surface area contributed by atoms with Crippen molar-refractivity contribution in [1.82, 2.24) is 15.0 Å². The van der Waals surface area contributed by atoms with Crippen molar-refractivity contribution >= 4 is 33.4 Å². The Morgan fingerprint density at radius 3 is 2.35 bits per heavy atom. The van der Waals surface area contributed by atoms with Gasteiger partial charge in [0.25, 0.3) is 5.91 Å². The van der Waals surface area contributed by atoms with E-state index in [0.29, 0.717) is 16.3 Å². The van der Waals surface area contributed by atoms with Crippen LogP contribution in [0.25, 0.3) is 0 Å². The Bertz CT molecular complexity index is 850. The number of pyridine rings is 1. The van der Waals surface area contributed by atoms with Crippen LogP contribution in [0.3, 0.4) is 0 Å². The molecule has 0 aliphatic carbocycles. The number of anilines is 1. The second-order valence-corrected chi connectivity index (χ2v) is 8.63. The van der Waals surface area contributed by atoms with Crippen LogP contribution in [-0.2, 0) is 10.2 Å². The summed E-state index contributed by atoms with van der Waals surface area (Å²) in [5.41, 5.74) is 0.117. The molecular formula is C17H21ClN4O3S. The molecule has 1 aromatic carbocycles. The van der Waals surface area contributed by atoms with E-state index < -0.39 is 27.7 Å². The van der Waals surface area contributed by atoms with E-state index in [-0.39, 0.29) is 0 Å². The maximum Gasteiger partial charge on any atom is 0.300 e. The molecule has 26 heavy (non-hydrogen) atoms. The van der Waals surface area contributed by atoms with Gasteiger partial charge in [0.05, 0.1) is 18.1 Å². The van der Waals surface area contributed by atoms with E-state index in [9.17, 15) is 13.2 Å². The molecule has 0 saturated carbocycles. The molecule has 2 rings (SSSR count). The van der Waals surface area contributed by atoms with Crippen molar-refractivity contribution in [2.45, 2.75) is 26.9 Å². The number of nitrogens with one attached hydrogen (secondary N) is 3. The van der Waals surface area contributed by atoms with Crippen LogP contribution in [0.1, 0.15) is 31.1 Å². The summed E-state index contributed by atoms with van der Waals surface area (Å²) >= 11 is 5.82. The molecule has 0 spiro atoms. The molecule has 0 saturated heterocycles. The number of nitrogens with zero attached hydrogens (tertiary/aromatic N) is 1. The highest BCUT2D eigenvalue weighted by Crippen LogP contribution is 2.19. The van der Waals surface area contributed by atoms with E-state index in [1.54, 1.807) is 36.4 Å². The molecule has 0 radical (unpaired) electrons. The maximum absolute atomic E-state index is 12.4. The molecule has 0 bridgehead atoms. The molecule has 3 N–H and O–H groups in total. The molecule has 140 valence electrons. The number of benzene rings is 1. The predicted molar refractivity (Wildman–Crippen MR) is 102 cm³/mol. The molecular weight excluding hydrogens is 376 g/mol. The summed E-state index contributed by atoms with van der Waals surface area (Å²) in [5, 5.41) is 3.22. The molecule has 7 nitrogen and oxygen atoms in total. The third-order valence-corrected chi connectivity index (χ3v) is 4.74. The van der Waals surface area contributed by atoms with Crippen molar-refractivity contribution in [3.63, 3.8) is 0 Å². The Labute approximate surface area is 158 Å². The lowest BCUT2D eigenvalue weighted by atomic mass is 9.92. The van der Waals surface area contributed by atoms with Crippen molar-refractivity contribution in [2.75, 3.05) is 4.72 Å².